The molecule has 27 heavy (non-hydrogen) atoms. The first kappa shape index (κ1) is 17.5. The van der Waals surface area contributed by atoms with Gasteiger partial charge in [0, 0.05) is 11.1 Å². The van der Waals surface area contributed by atoms with Gasteiger partial charge in [0.1, 0.15) is 10.7 Å². The van der Waals surface area contributed by atoms with Crippen molar-refractivity contribution in [3.05, 3.63) is 80.8 Å². The Bertz CT molecular complexity index is 1160. The van der Waals surface area contributed by atoms with E-state index in [1.54, 1.807) is 21.8 Å². The lowest BCUT2D eigenvalue weighted by Gasteiger charge is -2.05. The Morgan fingerprint density at radius 2 is 2.04 bits per heavy atom. The van der Waals surface area contributed by atoms with Gasteiger partial charge in [0.2, 0.25) is 0 Å². The number of imidazole rings is 1. The Hall–Kier alpha value is -2.95. The van der Waals surface area contributed by atoms with Crippen molar-refractivity contribution >= 4 is 38.8 Å². The number of nitriles is 1. The van der Waals surface area contributed by atoms with Crippen molar-refractivity contribution in [3.63, 3.8) is 0 Å². The molecule has 3 aromatic heterocycles. The van der Waals surface area contributed by atoms with E-state index in [1.165, 1.54) is 0 Å². The number of carbonyl (C=O) groups excluding carboxylic acids is 1. The molecule has 5 nitrogen and oxygen atoms in total. The summed E-state index contributed by atoms with van der Waals surface area (Å²) < 4.78 is 2.26. The smallest absolute Gasteiger partial charge is 0.273 e. The molecule has 0 radical (unpaired) electrons. The third kappa shape index (κ3) is 3.37. The van der Waals surface area contributed by atoms with Gasteiger partial charge >= 0.3 is 0 Å². The molecule has 0 aliphatic heterocycles. The van der Waals surface area contributed by atoms with Crippen LogP contribution in [0.4, 0.5) is 0 Å². The summed E-state index contributed by atoms with van der Waals surface area (Å²) in [6, 6.07) is 17.6. The number of nitrogens with one attached hydrogen (secondary N) is 1. The van der Waals surface area contributed by atoms with Gasteiger partial charge in [0.05, 0.1) is 12.1 Å². The normalized spacial score (nSPS) is 10.7. The monoisotopic (exact) mass is 436 g/mol. The molecular weight excluding hydrogens is 424 g/mol. The summed E-state index contributed by atoms with van der Waals surface area (Å²) in [7, 11) is 0. The number of nitrogens with zero attached hydrogens (tertiary/aromatic N) is 3. The van der Waals surface area contributed by atoms with Crippen LogP contribution in [-0.4, -0.2) is 15.3 Å². The standard InChI is InChI=1S/C20H13BrN4OS/c21-18-17(20(26)23-11-16-7-4-8-27-16)24-19-14(10-22)9-15(12-25(18)19)13-5-2-1-3-6-13/h1-9,12H,11H2,(H,23,26). The molecule has 132 valence electrons. The second-order valence-corrected chi connectivity index (χ2v) is 7.61. The minimum atomic E-state index is -0.288. The molecular formula is C20H13BrN4OS. The second-order valence-electron chi connectivity index (χ2n) is 5.83. The molecule has 4 aromatic rings. The highest BCUT2D eigenvalue weighted by molar-refractivity contribution is 9.10. The molecule has 0 bridgehead atoms. The first-order chi connectivity index (χ1) is 13.2. The molecule has 0 spiro atoms. The van der Waals surface area contributed by atoms with Gasteiger partial charge in [-0.15, -0.1) is 11.3 Å². The molecule has 0 aliphatic rings. The van der Waals surface area contributed by atoms with Crippen molar-refractivity contribution in [2.45, 2.75) is 6.54 Å². The number of hydrogen-bond donors (Lipinski definition) is 1. The quantitative estimate of drug-likeness (QED) is 0.506. The summed E-state index contributed by atoms with van der Waals surface area (Å²) >= 11 is 5.05. The number of hydrogen-bond acceptors (Lipinski definition) is 4. The molecule has 4 rings (SSSR count). The zero-order valence-corrected chi connectivity index (χ0v) is 16.4. The second kappa shape index (κ2) is 7.35. The molecule has 0 atom stereocenters. The van der Waals surface area contributed by atoms with E-state index in [0.717, 1.165) is 16.0 Å². The Balaban J connectivity index is 1.74. The van der Waals surface area contributed by atoms with E-state index in [4.69, 9.17) is 0 Å². The number of fused-ring (bicyclic) bond motifs is 1. The first-order valence-corrected chi connectivity index (χ1v) is 9.82. The first-order valence-electron chi connectivity index (χ1n) is 8.15. The Kier molecular flexibility index (Phi) is 4.75. The van der Waals surface area contributed by atoms with E-state index in [2.05, 4.69) is 32.3 Å². The molecule has 7 heteroatoms. The highest BCUT2D eigenvalue weighted by atomic mass is 79.9. The summed E-state index contributed by atoms with van der Waals surface area (Å²) in [6.45, 7) is 0.442. The summed E-state index contributed by atoms with van der Waals surface area (Å²) in [6.07, 6.45) is 1.87. The van der Waals surface area contributed by atoms with Crippen molar-refractivity contribution in [3.8, 4) is 17.2 Å². The summed E-state index contributed by atoms with van der Waals surface area (Å²) in [5, 5.41) is 14.4. The van der Waals surface area contributed by atoms with E-state index in [-0.39, 0.29) is 11.6 Å². The molecule has 1 amide bonds. The fraction of sp³-hybridized carbons (Fsp3) is 0.0500. The molecule has 0 fully saturated rings. The van der Waals surface area contributed by atoms with E-state index < -0.39 is 0 Å². The van der Waals surface area contributed by atoms with Crippen LogP contribution in [0.3, 0.4) is 0 Å². The van der Waals surface area contributed by atoms with E-state index in [9.17, 15) is 10.1 Å². The van der Waals surface area contributed by atoms with Crippen LogP contribution in [0.1, 0.15) is 20.9 Å². The Morgan fingerprint density at radius 1 is 1.22 bits per heavy atom. The highest BCUT2D eigenvalue weighted by Crippen LogP contribution is 2.27. The lowest BCUT2D eigenvalue weighted by atomic mass is 10.1. The van der Waals surface area contributed by atoms with Gasteiger partial charge in [-0.3, -0.25) is 9.20 Å². The number of thiophene rings is 1. The fourth-order valence-electron chi connectivity index (χ4n) is 2.80. The SMILES string of the molecule is N#Cc1cc(-c2ccccc2)cn2c(Br)c(C(=O)NCc3cccs3)nc12. The number of halogens is 1. The number of carbonyl (C=O) groups is 1. The van der Waals surface area contributed by atoms with Crippen molar-refractivity contribution in [1.29, 1.82) is 5.26 Å². The zero-order chi connectivity index (χ0) is 18.8. The molecule has 3 heterocycles. The van der Waals surface area contributed by atoms with Crippen molar-refractivity contribution in [1.82, 2.24) is 14.7 Å². The third-order valence-corrected chi connectivity index (χ3v) is 5.74. The predicted molar refractivity (Wildman–Crippen MR) is 109 cm³/mol. The summed E-state index contributed by atoms with van der Waals surface area (Å²) in [4.78, 5) is 18.1. The Labute approximate surface area is 168 Å². The van der Waals surface area contributed by atoms with Crippen LogP contribution in [0.2, 0.25) is 0 Å². The van der Waals surface area contributed by atoms with Crippen LogP contribution >= 0.6 is 27.3 Å². The number of aromatic nitrogens is 2. The molecule has 1 aromatic carbocycles. The van der Waals surface area contributed by atoms with Crippen LogP contribution in [-0.2, 0) is 6.54 Å². The van der Waals surface area contributed by atoms with Crippen molar-refractivity contribution < 1.29 is 4.79 Å². The molecule has 0 aliphatic carbocycles. The van der Waals surface area contributed by atoms with Gasteiger partial charge in [0.15, 0.2) is 11.3 Å². The molecule has 0 unspecified atom stereocenters. The molecule has 0 saturated carbocycles. The number of amides is 1. The average Bonchev–Trinajstić information content (AvgIpc) is 3.34. The van der Waals surface area contributed by atoms with E-state index in [1.807, 2.05) is 54.0 Å². The van der Waals surface area contributed by atoms with Gasteiger partial charge in [-0.25, -0.2) is 4.98 Å². The van der Waals surface area contributed by atoms with Crippen LogP contribution in [0.15, 0.2) is 64.7 Å². The number of pyridine rings is 1. The minimum absolute atomic E-state index is 0.258. The van der Waals surface area contributed by atoms with E-state index in [0.29, 0.717) is 22.4 Å². The summed E-state index contributed by atoms with van der Waals surface area (Å²) in [5.74, 6) is -0.288. The van der Waals surface area contributed by atoms with Crippen molar-refractivity contribution in [2.75, 3.05) is 0 Å². The van der Waals surface area contributed by atoms with Crippen LogP contribution in [0.25, 0.3) is 16.8 Å². The topological polar surface area (TPSA) is 70.2 Å². The largest absolute Gasteiger partial charge is 0.346 e. The fourth-order valence-corrected chi connectivity index (χ4v) is 3.98. The lowest BCUT2D eigenvalue weighted by Crippen LogP contribution is -2.23. The third-order valence-electron chi connectivity index (χ3n) is 4.11. The van der Waals surface area contributed by atoms with Crippen LogP contribution in [0.5, 0.6) is 0 Å². The van der Waals surface area contributed by atoms with Gasteiger partial charge in [0.25, 0.3) is 5.91 Å². The van der Waals surface area contributed by atoms with E-state index >= 15 is 0 Å². The van der Waals surface area contributed by atoms with Gasteiger partial charge in [-0.05, 0) is 44.6 Å². The number of rotatable bonds is 4. The van der Waals surface area contributed by atoms with Crippen molar-refractivity contribution in [2.24, 2.45) is 0 Å². The maximum atomic E-state index is 12.6. The maximum absolute atomic E-state index is 12.6. The molecule has 1 N–H and O–H groups in total. The predicted octanol–water partition coefficient (Wildman–Crippen LogP) is 4.63. The maximum Gasteiger partial charge on any atom is 0.273 e. The minimum Gasteiger partial charge on any atom is -0.346 e. The lowest BCUT2D eigenvalue weighted by molar-refractivity contribution is 0.0946. The van der Waals surface area contributed by atoms with Crippen LogP contribution in [0, 0.1) is 11.3 Å². The summed E-state index contributed by atoms with van der Waals surface area (Å²) in [5.41, 5.74) is 2.98. The number of benzene rings is 1. The molecule has 0 saturated heterocycles. The Morgan fingerprint density at radius 3 is 2.74 bits per heavy atom. The highest BCUT2D eigenvalue weighted by Gasteiger charge is 2.20. The van der Waals surface area contributed by atoms with Gasteiger partial charge in [-0.1, -0.05) is 36.4 Å². The van der Waals surface area contributed by atoms with Gasteiger partial charge in [-0.2, -0.15) is 5.26 Å². The average molecular weight is 437 g/mol. The van der Waals surface area contributed by atoms with Gasteiger partial charge < -0.3 is 5.32 Å². The zero-order valence-electron chi connectivity index (χ0n) is 14.0. The van der Waals surface area contributed by atoms with Crippen LogP contribution < -0.4 is 5.32 Å².